The number of nitrogens with two attached hydrogens (primary N) is 1. The normalized spacial score (nSPS) is 11.5. The lowest BCUT2D eigenvalue weighted by molar-refractivity contribution is -0.00525. The maximum Gasteiger partial charge on any atom is 0.282 e. The highest BCUT2D eigenvalue weighted by molar-refractivity contribution is 6.30. The molecule has 0 saturated carbocycles. The Hall–Kier alpha value is -3.82. The minimum absolute atomic E-state index is 0.230. The Balaban J connectivity index is 1.62. The minimum atomic E-state index is -0.641. The molecule has 4 aromatic rings. The van der Waals surface area contributed by atoms with Gasteiger partial charge >= 0.3 is 0 Å². The van der Waals surface area contributed by atoms with Gasteiger partial charge in [-0.15, -0.1) is 0 Å². The van der Waals surface area contributed by atoms with Gasteiger partial charge < -0.3 is 19.9 Å². The third kappa shape index (κ3) is 5.31. The lowest BCUT2D eigenvalue weighted by atomic mass is 10.1. The molecular formula is C25H26ClN5O4. The zero-order valence-electron chi connectivity index (χ0n) is 19.7. The predicted molar refractivity (Wildman–Crippen MR) is 134 cm³/mol. The maximum atomic E-state index is 13.3. The standard InChI is InChI=1S/C25H26ClN5O4/c1-16(11-27)35-25(2,3)14-34-22-8-6-19(10-23(22)33-4)30-15-29-31-13-17(9-21(31)24(30)32)20-7-5-18(26)12-28-20/h5-10,12-13,15H,1,11,14,27H2,2-4H3. The van der Waals surface area contributed by atoms with Crippen molar-refractivity contribution in [1.82, 2.24) is 19.2 Å². The first kappa shape index (κ1) is 24.3. The van der Waals surface area contributed by atoms with Crippen LogP contribution in [0.15, 0.2) is 72.3 Å². The summed E-state index contributed by atoms with van der Waals surface area (Å²) in [6.07, 6.45) is 4.76. The summed E-state index contributed by atoms with van der Waals surface area (Å²) in [6.45, 7) is 7.99. The van der Waals surface area contributed by atoms with Gasteiger partial charge in [0.1, 0.15) is 29.8 Å². The second kappa shape index (κ2) is 9.81. The van der Waals surface area contributed by atoms with Gasteiger partial charge in [0.15, 0.2) is 11.5 Å². The van der Waals surface area contributed by atoms with E-state index in [1.165, 1.54) is 22.5 Å². The third-order valence-electron chi connectivity index (χ3n) is 5.20. The van der Waals surface area contributed by atoms with Crippen molar-refractivity contribution in [2.75, 3.05) is 20.3 Å². The van der Waals surface area contributed by atoms with E-state index in [0.717, 1.165) is 5.56 Å². The fraction of sp³-hybridized carbons (Fsp3) is 0.240. The van der Waals surface area contributed by atoms with Gasteiger partial charge in [-0.3, -0.25) is 14.3 Å². The van der Waals surface area contributed by atoms with E-state index in [2.05, 4.69) is 16.7 Å². The van der Waals surface area contributed by atoms with Crippen LogP contribution >= 0.6 is 11.6 Å². The van der Waals surface area contributed by atoms with Crippen LogP contribution in [-0.2, 0) is 4.74 Å². The largest absolute Gasteiger partial charge is 0.493 e. The van der Waals surface area contributed by atoms with Gasteiger partial charge in [0.05, 0.1) is 30.1 Å². The second-order valence-corrected chi connectivity index (χ2v) is 8.89. The first-order valence-electron chi connectivity index (χ1n) is 10.8. The van der Waals surface area contributed by atoms with Crippen LogP contribution in [0.1, 0.15) is 13.8 Å². The second-order valence-electron chi connectivity index (χ2n) is 8.45. The summed E-state index contributed by atoms with van der Waals surface area (Å²) in [5.41, 5.74) is 7.10. The van der Waals surface area contributed by atoms with Crippen molar-refractivity contribution in [1.29, 1.82) is 0 Å². The number of aromatic nitrogens is 4. The van der Waals surface area contributed by atoms with E-state index >= 15 is 0 Å². The molecule has 0 bridgehead atoms. The third-order valence-corrected chi connectivity index (χ3v) is 5.43. The number of nitrogens with zero attached hydrogens (tertiary/aromatic N) is 4. The van der Waals surface area contributed by atoms with Crippen molar-refractivity contribution in [2.24, 2.45) is 5.73 Å². The van der Waals surface area contributed by atoms with Crippen molar-refractivity contribution >= 4 is 17.1 Å². The highest BCUT2D eigenvalue weighted by atomic mass is 35.5. The van der Waals surface area contributed by atoms with E-state index in [0.29, 0.717) is 39.2 Å². The van der Waals surface area contributed by atoms with Crippen LogP contribution in [0.5, 0.6) is 11.5 Å². The highest BCUT2D eigenvalue weighted by Crippen LogP contribution is 2.30. The van der Waals surface area contributed by atoms with Gasteiger partial charge in [-0.05, 0) is 44.2 Å². The topological polar surface area (TPSA) is 106 Å². The summed E-state index contributed by atoms with van der Waals surface area (Å²) >= 11 is 5.93. The molecule has 1 aromatic carbocycles. The van der Waals surface area contributed by atoms with Crippen LogP contribution in [0.25, 0.3) is 22.5 Å². The SMILES string of the molecule is C=C(CN)OC(C)(C)COc1ccc(-n2cnn3cc(-c4ccc(Cl)cn4)cc3c2=O)cc1OC. The van der Waals surface area contributed by atoms with Gasteiger partial charge in [0.25, 0.3) is 5.56 Å². The number of ether oxygens (including phenoxy) is 3. The summed E-state index contributed by atoms with van der Waals surface area (Å²) in [5.74, 6) is 1.44. The molecule has 0 saturated heterocycles. The smallest absolute Gasteiger partial charge is 0.282 e. The number of fused-ring (bicyclic) bond motifs is 1. The van der Waals surface area contributed by atoms with Crippen LogP contribution in [0.3, 0.4) is 0 Å². The molecule has 0 fully saturated rings. The van der Waals surface area contributed by atoms with Gasteiger partial charge in [-0.1, -0.05) is 18.2 Å². The zero-order valence-corrected chi connectivity index (χ0v) is 20.5. The molecule has 3 heterocycles. The Kier molecular flexibility index (Phi) is 6.81. The number of pyridine rings is 1. The van der Waals surface area contributed by atoms with Gasteiger partial charge in [0.2, 0.25) is 0 Å². The summed E-state index contributed by atoms with van der Waals surface area (Å²) in [7, 11) is 1.53. The monoisotopic (exact) mass is 495 g/mol. The maximum absolute atomic E-state index is 13.3. The first-order chi connectivity index (χ1) is 16.7. The van der Waals surface area contributed by atoms with Crippen LogP contribution in [0, 0.1) is 0 Å². The van der Waals surface area contributed by atoms with Crippen LogP contribution < -0.4 is 20.8 Å². The minimum Gasteiger partial charge on any atom is -0.493 e. The number of benzene rings is 1. The lowest BCUT2D eigenvalue weighted by Gasteiger charge is -2.27. The summed E-state index contributed by atoms with van der Waals surface area (Å²) in [4.78, 5) is 17.6. The molecule has 0 atom stereocenters. The zero-order chi connectivity index (χ0) is 25.2. The van der Waals surface area contributed by atoms with E-state index in [4.69, 9.17) is 31.5 Å². The molecule has 0 aliphatic rings. The number of rotatable bonds is 9. The van der Waals surface area contributed by atoms with Crippen LogP contribution in [0.2, 0.25) is 5.02 Å². The molecule has 3 aromatic heterocycles. The fourth-order valence-electron chi connectivity index (χ4n) is 3.50. The molecule has 4 rings (SSSR count). The Bertz CT molecular complexity index is 1430. The molecular weight excluding hydrogens is 470 g/mol. The van der Waals surface area contributed by atoms with Gasteiger partial charge in [0, 0.05) is 24.0 Å². The van der Waals surface area contributed by atoms with E-state index in [1.807, 2.05) is 13.8 Å². The van der Waals surface area contributed by atoms with Crippen LogP contribution in [-0.4, -0.2) is 45.0 Å². The molecule has 0 unspecified atom stereocenters. The molecule has 0 radical (unpaired) electrons. The lowest BCUT2D eigenvalue weighted by Crippen LogP contribution is -2.33. The summed E-state index contributed by atoms with van der Waals surface area (Å²) in [5, 5.41) is 4.92. The highest BCUT2D eigenvalue weighted by Gasteiger charge is 2.22. The van der Waals surface area contributed by atoms with Crippen molar-refractivity contribution in [3.8, 4) is 28.4 Å². The number of methoxy groups -OCH3 is 1. The average Bonchev–Trinajstić information content (AvgIpc) is 3.28. The Morgan fingerprint density at radius 2 is 2.00 bits per heavy atom. The Labute approximate surface area is 207 Å². The molecule has 0 aliphatic heterocycles. The Morgan fingerprint density at radius 3 is 2.69 bits per heavy atom. The fourth-order valence-corrected chi connectivity index (χ4v) is 3.61. The van der Waals surface area contributed by atoms with Crippen molar-refractivity contribution in [3.05, 3.63) is 82.8 Å². The van der Waals surface area contributed by atoms with E-state index < -0.39 is 5.60 Å². The van der Waals surface area contributed by atoms with Crippen molar-refractivity contribution in [2.45, 2.75) is 19.4 Å². The summed E-state index contributed by atoms with van der Waals surface area (Å²) in [6, 6.07) is 10.5. The quantitative estimate of drug-likeness (QED) is 0.351. The molecule has 182 valence electrons. The Morgan fingerprint density at radius 1 is 1.20 bits per heavy atom. The number of halogens is 1. The average molecular weight is 496 g/mol. The molecule has 0 amide bonds. The number of hydrogen-bond donors (Lipinski definition) is 1. The summed E-state index contributed by atoms with van der Waals surface area (Å²) < 4.78 is 20.1. The van der Waals surface area contributed by atoms with Crippen molar-refractivity contribution in [3.63, 3.8) is 0 Å². The van der Waals surface area contributed by atoms with E-state index in [1.54, 1.807) is 48.8 Å². The van der Waals surface area contributed by atoms with Gasteiger partial charge in [-0.25, -0.2) is 4.52 Å². The molecule has 9 nitrogen and oxygen atoms in total. The van der Waals surface area contributed by atoms with E-state index in [9.17, 15) is 4.79 Å². The first-order valence-corrected chi connectivity index (χ1v) is 11.2. The van der Waals surface area contributed by atoms with Gasteiger partial charge in [-0.2, -0.15) is 5.10 Å². The molecule has 0 spiro atoms. The van der Waals surface area contributed by atoms with E-state index in [-0.39, 0.29) is 18.7 Å². The molecule has 35 heavy (non-hydrogen) atoms. The van der Waals surface area contributed by atoms with Crippen LogP contribution in [0.4, 0.5) is 0 Å². The predicted octanol–water partition coefficient (Wildman–Crippen LogP) is 3.86. The van der Waals surface area contributed by atoms with Crippen molar-refractivity contribution < 1.29 is 14.2 Å². The molecule has 2 N–H and O–H groups in total. The molecule has 10 heteroatoms. The molecule has 0 aliphatic carbocycles. The number of hydrogen-bond acceptors (Lipinski definition) is 7.